The van der Waals surface area contributed by atoms with E-state index in [2.05, 4.69) is 20.3 Å². The second-order valence-electron chi connectivity index (χ2n) is 5.14. The van der Waals surface area contributed by atoms with Crippen LogP contribution < -0.4 is 11.1 Å². The molecule has 2 aliphatic heterocycles. The maximum Gasteiger partial charge on any atom is 0.353 e. The highest BCUT2D eigenvalue weighted by atomic mass is 32.1. The average Bonchev–Trinajstić information content (AvgIpc) is 3.23. The number of carbonyl (C=O) groups excluding carboxylic acids is 2. The zero-order valence-corrected chi connectivity index (χ0v) is 13.8. The summed E-state index contributed by atoms with van der Waals surface area (Å²) in [6, 6.07) is -0.909. The van der Waals surface area contributed by atoms with E-state index < -0.39 is 23.8 Å². The van der Waals surface area contributed by atoms with Gasteiger partial charge in [-0.3, -0.25) is 9.59 Å². The normalized spacial score (nSPS) is 20.4. The number of anilines is 1. The van der Waals surface area contributed by atoms with E-state index in [1.54, 1.807) is 0 Å². The molecule has 3 rings (SSSR count). The van der Waals surface area contributed by atoms with Gasteiger partial charge in [-0.25, -0.2) is 19.8 Å². The Balaban J connectivity index is 1.75. The van der Waals surface area contributed by atoms with Crippen LogP contribution in [0.15, 0.2) is 22.3 Å². The lowest BCUT2D eigenvalue weighted by Gasteiger charge is -2.19. The molecular formula is C13H14N6O5S. The number of oxime groups is 1. The molecule has 0 radical (unpaired) electrons. The van der Waals surface area contributed by atoms with Crippen LogP contribution in [0.5, 0.6) is 0 Å². The first kappa shape index (κ1) is 16.9. The van der Waals surface area contributed by atoms with Crippen molar-refractivity contribution in [1.82, 2.24) is 20.3 Å². The summed E-state index contributed by atoms with van der Waals surface area (Å²) in [7, 11) is 1.27. The Morgan fingerprint density at radius 3 is 2.92 bits per heavy atom. The van der Waals surface area contributed by atoms with Crippen LogP contribution >= 0.6 is 11.3 Å². The molecule has 4 N–H and O–H groups in total. The minimum Gasteiger partial charge on any atom is -0.477 e. The second-order valence-corrected chi connectivity index (χ2v) is 6.03. The van der Waals surface area contributed by atoms with Crippen molar-refractivity contribution in [3.8, 4) is 0 Å². The van der Waals surface area contributed by atoms with Gasteiger partial charge >= 0.3 is 5.97 Å². The number of carboxylic acid groups (broad SMARTS) is 1. The van der Waals surface area contributed by atoms with E-state index in [1.165, 1.54) is 23.6 Å². The number of nitrogens with two attached hydrogens (primary N) is 1. The van der Waals surface area contributed by atoms with Crippen LogP contribution in [0.1, 0.15) is 5.69 Å². The van der Waals surface area contributed by atoms with Gasteiger partial charge in [0.2, 0.25) is 0 Å². The molecule has 2 amide bonds. The second kappa shape index (κ2) is 6.49. The molecule has 0 saturated carbocycles. The van der Waals surface area contributed by atoms with Crippen LogP contribution in [0.4, 0.5) is 5.13 Å². The number of nitrogens with one attached hydrogen (secondary N) is 1. The molecule has 25 heavy (non-hydrogen) atoms. The Labute approximate surface area is 145 Å². The van der Waals surface area contributed by atoms with Crippen LogP contribution in [0.3, 0.4) is 0 Å². The van der Waals surface area contributed by atoms with Crippen molar-refractivity contribution in [2.24, 2.45) is 5.16 Å². The maximum absolute atomic E-state index is 12.5. The van der Waals surface area contributed by atoms with Crippen molar-refractivity contribution < 1.29 is 24.3 Å². The van der Waals surface area contributed by atoms with Gasteiger partial charge in [-0.1, -0.05) is 5.16 Å². The lowest BCUT2D eigenvalue weighted by Crippen LogP contribution is -2.45. The number of hydrogen-bond acceptors (Lipinski definition) is 9. The highest BCUT2D eigenvalue weighted by Gasteiger charge is 2.45. The fraction of sp³-hybridized carbons (Fsp3) is 0.308. The molecule has 0 aliphatic carbocycles. The van der Waals surface area contributed by atoms with Gasteiger partial charge in [0.25, 0.3) is 11.8 Å². The molecule has 3 heterocycles. The highest BCUT2D eigenvalue weighted by Crippen LogP contribution is 2.24. The van der Waals surface area contributed by atoms with Crippen molar-refractivity contribution in [2.45, 2.75) is 6.04 Å². The summed E-state index contributed by atoms with van der Waals surface area (Å²) in [5.74, 6) is -2.41. The predicted molar refractivity (Wildman–Crippen MR) is 86.1 cm³/mol. The number of carboxylic acids is 1. The van der Waals surface area contributed by atoms with Crippen molar-refractivity contribution in [3.63, 3.8) is 0 Å². The number of aromatic nitrogens is 1. The van der Waals surface area contributed by atoms with Crippen LogP contribution in [0, 0.1) is 0 Å². The highest BCUT2D eigenvalue weighted by molar-refractivity contribution is 7.13. The lowest BCUT2D eigenvalue weighted by atomic mass is 10.2. The number of amides is 2. The third-order valence-electron chi connectivity index (χ3n) is 3.59. The molecule has 1 fully saturated rings. The van der Waals surface area contributed by atoms with Gasteiger partial charge in [-0.2, -0.15) is 0 Å². The molecule has 0 bridgehead atoms. The summed E-state index contributed by atoms with van der Waals surface area (Å²) in [5, 5.41) is 19.7. The Morgan fingerprint density at radius 1 is 1.56 bits per heavy atom. The lowest BCUT2D eigenvalue weighted by molar-refractivity contribution is -0.143. The number of carbonyl (C=O) groups is 3. The minimum atomic E-state index is -1.21. The number of aliphatic carboxylic acids is 1. The molecule has 11 nitrogen and oxygen atoms in total. The van der Waals surface area contributed by atoms with Crippen LogP contribution in [-0.4, -0.2) is 69.8 Å². The number of rotatable bonds is 5. The topological polar surface area (TPSA) is 150 Å². The summed E-state index contributed by atoms with van der Waals surface area (Å²) < 4.78 is 0. The fourth-order valence-corrected chi connectivity index (χ4v) is 3.11. The third-order valence-corrected chi connectivity index (χ3v) is 4.27. The summed E-state index contributed by atoms with van der Waals surface area (Å²) in [5.41, 5.74) is 5.53. The van der Waals surface area contributed by atoms with E-state index in [4.69, 9.17) is 10.8 Å². The van der Waals surface area contributed by atoms with E-state index in [0.717, 1.165) is 16.3 Å². The van der Waals surface area contributed by atoms with E-state index in [9.17, 15) is 14.4 Å². The van der Waals surface area contributed by atoms with Crippen molar-refractivity contribution in [3.05, 3.63) is 22.8 Å². The van der Waals surface area contributed by atoms with Gasteiger partial charge in [0.15, 0.2) is 10.8 Å². The fourth-order valence-electron chi connectivity index (χ4n) is 2.57. The molecule has 0 unspecified atom stereocenters. The Hall–Kier alpha value is -2.99. The minimum absolute atomic E-state index is 0.125. The van der Waals surface area contributed by atoms with Gasteiger partial charge in [0.1, 0.15) is 24.5 Å². The first-order valence-corrected chi connectivity index (χ1v) is 7.96. The van der Waals surface area contributed by atoms with Gasteiger partial charge in [-0.05, 0) is 6.08 Å². The number of nitrogens with zero attached hydrogens (tertiary/aromatic N) is 4. The molecule has 0 aromatic carbocycles. The maximum atomic E-state index is 12.5. The third kappa shape index (κ3) is 3.04. The number of fused-ring (bicyclic) bond motifs is 1. The van der Waals surface area contributed by atoms with Crippen molar-refractivity contribution >= 4 is 40.0 Å². The standard InChI is InChI=1S/C13H14N6O5S/c1-24-17-9(7-5-25-13(14)16-7)10(20)15-6-4-18-3-2-8(12(22)23)19(18)11(6)21/h2,5-6H,3-4H2,1H3,(H2,14,16)(H,15,20)(H,22,23)/b17-9+/t6-/m0/s1. The molecule has 12 heteroatoms. The van der Waals surface area contributed by atoms with Crippen molar-refractivity contribution in [1.29, 1.82) is 0 Å². The average molecular weight is 366 g/mol. The van der Waals surface area contributed by atoms with Gasteiger partial charge in [0, 0.05) is 18.5 Å². The Bertz CT molecular complexity index is 803. The van der Waals surface area contributed by atoms with Gasteiger partial charge < -0.3 is 21.0 Å². The van der Waals surface area contributed by atoms with Gasteiger partial charge in [-0.15, -0.1) is 11.3 Å². The molecule has 132 valence electrons. The molecule has 1 saturated heterocycles. The van der Waals surface area contributed by atoms with Gasteiger partial charge in [0.05, 0.1) is 0 Å². The smallest absolute Gasteiger partial charge is 0.353 e. The quantitative estimate of drug-likeness (QED) is 0.425. The first-order chi connectivity index (χ1) is 11.9. The van der Waals surface area contributed by atoms with E-state index in [-0.39, 0.29) is 35.3 Å². The van der Waals surface area contributed by atoms with E-state index >= 15 is 0 Å². The Morgan fingerprint density at radius 2 is 2.32 bits per heavy atom. The summed E-state index contributed by atoms with van der Waals surface area (Å²) >= 11 is 1.13. The SMILES string of the molecule is CO/N=C(/C(=O)N[C@H]1CN2CC=C(C(=O)O)N2C1=O)c1csc(N)n1. The summed E-state index contributed by atoms with van der Waals surface area (Å²) in [6.45, 7) is 0.429. The molecule has 1 aromatic rings. The van der Waals surface area contributed by atoms with Crippen LogP contribution in [-0.2, 0) is 19.2 Å². The monoisotopic (exact) mass is 366 g/mol. The Kier molecular flexibility index (Phi) is 4.37. The van der Waals surface area contributed by atoms with E-state index in [0.29, 0.717) is 0 Å². The number of nitrogen functional groups attached to an aromatic ring is 1. The summed E-state index contributed by atoms with van der Waals surface area (Å²) in [6.07, 6.45) is 1.44. The zero-order valence-electron chi connectivity index (χ0n) is 13.0. The molecule has 1 aromatic heterocycles. The van der Waals surface area contributed by atoms with E-state index in [1.807, 2.05) is 0 Å². The summed E-state index contributed by atoms with van der Waals surface area (Å²) in [4.78, 5) is 44.7. The van der Waals surface area contributed by atoms with Crippen LogP contribution in [0.2, 0.25) is 0 Å². The molecule has 2 aliphatic rings. The predicted octanol–water partition coefficient (Wildman–Crippen LogP) is -1.40. The molecule has 1 atom stereocenters. The largest absolute Gasteiger partial charge is 0.477 e. The zero-order chi connectivity index (χ0) is 18.1. The van der Waals surface area contributed by atoms with Crippen LogP contribution in [0.25, 0.3) is 0 Å². The number of hydrazine groups is 1. The van der Waals surface area contributed by atoms with Crippen molar-refractivity contribution in [2.75, 3.05) is 25.9 Å². The molecular weight excluding hydrogens is 352 g/mol. The number of thiazole rings is 1. The first-order valence-electron chi connectivity index (χ1n) is 7.08. The number of hydrogen-bond donors (Lipinski definition) is 3. The molecule has 0 spiro atoms.